The maximum absolute atomic E-state index is 13.2. The number of aliphatic hydroxyl groups excluding tert-OH is 8. The molecule has 1 rings (SSSR count). The van der Waals surface area contributed by atoms with E-state index < -0.39 is 173 Å². The van der Waals surface area contributed by atoms with Crippen LogP contribution in [0.3, 0.4) is 0 Å². The summed E-state index contributed by atoms with van der Waals surface area (Å²) in [4.78, 5) is 96.7. The molecule has 0 aromatic heterocycles. The Kier molecular flexibility index (Phi) is 22.3. The Morgan fingerprint density at radius 1 is 0.390 bits per heavy atom. The summed E-state index contributed by atoms with van der Waals surface area (Å²) in [6.07, 6.45) is 0.525. The number of hydrogen-bond donors (Lipinski definition) is 8. The van der Waals surface area contributed by atoms with Crippen LogP contribution < -0.4 is 0 Å². The van der Waals surface area contributed by atoms with Crippen LogP contribution >= 0.6 is 0 Å². The lowest BCUT2D eigenvalue weighted by molar-refractivity contribution is -0.185. The van der Waals surface area contributed by atoms with E-state index in [1.807, 2.05) is 0 Å². The van der Waals surface area contributed by atoms with Crippen molar-refractivity contribution in [3.05, 3.63) is 0 Å². The topological polar surface area (TPSA) is 363 Å². The summed E-state index contributed by atoms with van der Waals surface area (Å²) in [7, 11) is 0. The first-order valence-electron chi connectivity index (χ1n) is 18.0. The van der Waals surface area contributed by atoms with Gasteiger partial charge in [-0.2, -0.15) is 0 Å². The standard InChI is InChI=1S/C32H54O20.C4H4O3/c1-27(9-33,10-34)21(41)49-17-31(5,18-50-22(42)28(2,11-35)12-36)25(45)47-7-8-48-26(46)32(6,19-51-23(43)29(3,13-37)14-38)20-52-24(44)30(4,15-39)16-40;5-3-1-2-4(6)7-3/h33-40H,7-20H2,1-6H3;1-2H2. The van der Waals surface area contributed by atoms with Gasteiger partial charge in [0, 0.05) is 0 Å². The van der Waals surface area contributed by atoms with Crippen LogP contribution in [0.15, 0.2) is 0 Å². The summed E-state index contributed by atoms with van der Waals surface area (Å²) in [6, 6.07) is 0. The third-order valence-corrected chi connectivity index (χ3v) is 9.15. The molecule has 340 valence electrons. The van der Waals surface area contributed by atoms with Gasteiger partial charge in [0.2, 0.25) is 0 Å². The monoisotopic (exact) mass is 858 g/mol. The Balaban J connectivity index is 0.00000430. The molecule has 0 amide bonds. The van der Waals surface area contributed by atoms with Crippen LogP contribution in [0.2, 0.25) is 0 Å². The highest BCUT2D eigenvalue weighted by atomic mass is 16.6. The van der Waals surface area contributed by atoms with Gasteiger partial charge in [0.1, 0.15) is 72.1 Å². The van der Waals surface area contributed by atoms with E-state index in [4.69, 9.17) is 28.4 Å². The predicted molar refractivity (Wildman–Crippen MR) is 191 cm³/mol. The molecule has 0 radical (unpaired) electrons. The van der Waals surface area contributed by atoms with Crippen LogP contribution in [0.1, 0.15) is 54.4 Å². The molecular weight excluding hydrogens is 800 g/mol. The molecule has 0 aliphatic carbocycles. The fraction of sp³-hybridized carbons (Fsp3) is 0.778. The van der Waals surface area contributed by atoms with Gasteiger partial charge in [0.05, 0.1) is 65.7 Å². The van der Waals surface area contributed by atoms with Gasteiger partial charge >= 0.3 is 47.8 Å². The molecule has 1 saturated heterocycles. The quantitative estimate of drug-likeness (QED) is 0.0188. The lowest BCUT2D eigenvalue weighted by Crippen LogP contribution is -2.46. The number of carbonyl (C=O) groups excluding carboxylic acids is 8. The van der Waals surface area contributed by atoms with Crippen molar-refractivity contribution in [3.8, 4) is 0 Å². The van der Waals surface area contributed by atoms with Gasteiger partial charge in [-0.25, -0.2) is 0 Å². The molecule has 0 aromatic rings. The second kappa shape index (κ2) is 24.0. The number of rotatable bonds is 25. The van der Waals surface area contributed by atoms with E-state index in [2.05, 4.69) is 4.74 Å². The van der Waals surface area contributed by atoms with Crippen molar-refractivity contribution in [2.45, 2.75) is 54.4 Å². The minimum Gasteiger partial charge on any atom is -0.464 e. The highest BCUT2D eigenvalue weighted by Gasteiger charge is 2.45. The summed E-state index contributed by atoms with van der Waals surface area (Å²) >= 11 is 0. The molecule has 0 aromatic carbocycles. The Morgan fingerprint density at radius 2 is 0.576 bits per heavy atom. The summed E-state index contributed by atoms with van der Waals surface area (Å²) in [5.41, 5.74) is -11.0. The van der Waals surface area contributed by atoms with E-state index in [1.165, 1.54) is 27.7 Å². The second-order valence-corrected chi connectivity index (χ2v) is 15.6. The zero-order valence-electron chi connectivity index (χ0n) is 34.0. The summed E-state index contributed by atoms with van der Waals surface area (Å²) in [6.45, 7) is -4.18. The Morgan fingerprint density at radius 3 is 0.729 bits per heavy atom. The smallest absolute Gasteiger partial charge is 0.318 e. The largest absolute Gasteiger partial charge is 0.464 e. The molecule has 0 unspecified atom stereocenters. The van der Waals surface area contributed by atoms with Crippen molar-refractivity contribution in [3.63, 3.8) is 0 Å². The summed E-state index contributed by atoms with van der Waals surface area (Å²) < 4.78 is 34.9. The molecule has 1 aliphatic heterocycles. The Hall–Kier alpha value is -4.36. The lowest BCUT2D eigenvalue weighted by Gasteiger charge is -2.31. The van der Waals surface area contributed by atoms with Crippen molar-refractivity contribution in [1.29, 1.82) is 0 Å². The Bertz CT molecular complexity index is 1270. The van der Waals surface area contributed by atoms with Gasteiger partial charge in [-0.05, 0) is 41.5 Å². The summed E-state index contributed by atoms with van der Waals surface area (Å²) in [5, 5.41) is 76.0. The molecule has 59 heavy (non-hydrogen) atoms. The first-order chi connectivity index (χ1) is 27.3. The van der Waals surface area contributed by atoms with Crippen LogP contribution in [-0.2, 0) is 71.5 Å². The van der Waals surface area contributed by atoms with Gasteiger partial charge in [0.25, 0.3) is 0 Å². The zero-order chi connectivity index (χ0) is 45.9. The molecule has 23 nitrogen and oxygen atoms in total. The second-order valence-electron chi connectivity index (χ2n) is 15.6. The maximum Gasteiger partial charge on any atom is 0.318 e. The average molecular weight is 859 g/mol. The number of carbonyl (C=O) groups is 8. The molecule has 1 aliphatic rings. The molecule has 0 spiro atoms. The SMILES string of the molecule is CC(CO)(CO)C(=O)OCC(C)(COC(=O)C(C)(CO)CO)C(=O)OCCOC(=O)C(C)(COC(=O)C(C)(CO)CO)COC(=O)C(C)(CO)CO.O=C1CCC(=O)O1. The van der Waals surface area contributed by atoms with Crippen LogP contribution in [0.25, 0.3) is 0 Å². The van der Waals surface area contributed by atoms with Crippen molar-refractivity contribution in [1.82, 2.24) is 0 Å². The van der Waals surface area contributed by atoms with Gasteiger partial charge in [-0.15, -0.1) is 0 Å². The molecule has 1 heterocycles. The van der Waals surface area contributed by atoms with E-state index in [1.54, 1.807) is 0 Å². The first kappa shape index (κ1) is 54.6. The zero-order valence-corrected chi connectivity index (χ0v) is 34.0. The number of cyclic esters (lactones) is 2. The molecule has 0 saturated carbocycles. The van der Waals surface area contributed by atoms with E-state index in [9.17, 15) is 79.2 Å². The van der Waals surface area contributed by atoms with E-state index in [-0.39, 0.29) is 12.8 Å². The highest BCUT2D eigenvalue weighted by molar-refractivity contribution is 5.92. The minimum absolute atomic E-state index is 0.263. The molecule has 1 fully saturated rings. The van der Waals surface area contributed by atoms with Crippen LogP contribution in [0, 0.1) is 32.5 Å². The lowest BCUT2D eigenvalue weighted by atomic mass is 9.90. The molecular formula is C36H58O23. The van der Waals surface area contributed by atoms with Crippen molar-refractivity contribution >= 4 is 47.8 Å². The van der Waals surface area contributed by atoms with Gasteiger partial charge in [-0.3, -0.25) is 38.4 Å². The molecule has 23 heteroatoms. The van der Waals surface area contributed by atoms with Crippen LogP contribution in [0.4, 0.5) is 0 Å². The third-order valence-electron chi connectivity index (χ3n) is 9.15. The van der Waals surface area contributed by atoms with Crippen molar-refractivity contribution in [2.24, 2.45) is 32.5 Å². The van der Waals surface area contributed by atoms with Crippen molar-refractivity contribution in [2.75, 3.05) is 92.5 Å². The first-order valence-corrected chi connectivity index (χ1v) is 18.0. The third kappa shape index (κ3) is 15.6. The molecule has 8 N–H and O–H groups in total. The fourth-order valence-corrected chi connectivity index (χ4v) is 3.68. The predicted octanol–water partition coefficient (Wildman–Crippen LogP) is -3.93. The van der Waals surface area contributed by atoms with E-state index in [0.717, 1.165) is 13.8 Å². The molecule has 0 bridgehead atoms. The van der Waals surface area contributed by atoms with E-state index in [0.29, 0.717) is 0 Å². The van der Waals surface area contributed by atoms with Crippen LogP contribution in [0.5, 0.6) is 0 Å². The number of aliphatic hydroxyl groups is 8. The number of hydrogen-bond acceptors (Lipinski definition) is 23. The highest BCUT2D eigenvalue weighted by Crippen LogP contribution is 2.28. The fourth-order valence-electron chi connectivity index (χ4n) is 3.68. The van der Waals surface area contributed by atoms with E-state index >= 15 is 0 Å². The minimum atomic E-state index is -1.97. The summed E-state index contributed by atoms with van der Waals surface area (Å²) in [5.74, 6) is -7.61. The normalized spacial score (nSPS) is 13.7. The Labute approximate surface area is 339 Å². The van der Waals surface area contributed by atoms with Gasteiger partial charge in [-0.1, -0.05) is 0 Å². The van der Waals surface area contributed by atoms with Gasteiger partial charge < -0.3 is 74.0 Å². The maximum atomic E-state index is 13.2. The molecule has 0 atom stereocenters. The van der Waals surface area contributed by atoms with Crippen molar-refractivity contribution < 1.29 is 112 Å². The number of ether oxygens (including phenoxy) is 7. The number of esters is 8. The van der Waals surface area contributed by atoms with Gasteiger partial charge in [0.15, 0.2) is 0 Å². The average Bonchev–Trinajstić information content (AvgIpc) is 3.64. The van der Waals surface area contributed by atoms with Crippen LogP contribution in [-0.4, -0.2) is 181 Å².